The quantitative estimate of drug-likeness (QED) is 0.830. The van der Waals surface area contributed by atoms with Crippen molar-refractivity contribution in [2.24, 2.45) is 0 Å². The molecule has 0 heterocycles. The first-order valence-electron chi connectivity index (χ1n) is 6.10. The summed E-state index contributed by atoms with van der Waals surface area (Å²) in [6.07, 6.45) is 0. The molecule has 0 aliphatic rings. The van der Waals surface area contributed by atoms with Gasteiger partial charge in [-0.25, -0.2) is 0 Å². The number of ketones is 1. The maximum absolute atomic E-state index is 11.3. The van der Waals surface area contributed by atoms with E-state index in [1.807, 2.05) is 0 Å². The van der Waals surface area contributed by atoms with Crippen LogP contribution in [0.25, 0.3) is 0 Å². The van der Waals surface area contributed by atoms with E-state index in [2.05, 4.69) is 51.2 Å². The molecule has 3 heteroatoms. The molecule has 18 heavy (non-hydrogen) atoms. The minimum absolute atomic E-state index is 0.191. The highest BCUT2D eigenvalue weighted by atomic mass is 16.2. The van der Waals surface area contributed by atoms with E-state index in [0.29, 0.717) is 6.54 Å². The van der Waals surface area contributed by atoms with Crippen LogP contribution in [0.4, 0.5) is 0 Å². The van der Waals surface area contributed by atoms with Crippen molar-refractivity contribution in [3.05, 3.63) is 34.9 Å². The SMILES string of the molecule is CC(=O)C(=O)NCC(C)(C)c1ccc(C)c(C)c1. The van der Waals surface area contributed by atoms with Crippen LogP contribution >= 0.6 is 0 Å². The van der Waals surface area contributed by atoms with E-state index in [4.69, 9.17) is 0 Å². The van der Waals surface area contributed by atoms with E-state index in [-0.39, 0.29) is 5.41 Å². The summed E-state index contributed by atoms with van der Waals surface area (Å²) in [5, 5.41) is 2.67. The number of amides is 1. The Morgan fingerprint density at radius 2 is 1.78 bits per heavy atom. The molecule has 0 radical (unpaired) electrons. The lowest BCUT2D eigenvalue weighted by Crippen LogP contribution is -2.39. The number of carbonyl (C=O) groups is 2. The van der Waals surface area contributed by atoms with Gasteiger partial charge in [0.05, 0.1) is 0 Å². The van der Waals surface area contributed by atoms with Crippen LogP contribution in [0.1, 0.15) is 37.5 Å². The predicted molar refractivity (Wildman–Crippen MR) is 72.6 cm³/mol. The number of Topliss-reactive ketones (excluding diaryl/α,β-unsaturated/α-hetero) is 1. The Morgan fingerprint density at radius 1 is 1.17 bits per heavy atom. The highest BCUT2D eigenvalue weighted by Gasteiger charge is 2.22. The Labute approximate surface area is 109 Å². The summed E-state index contributed by atoms with van der Waals surface area (Å²) in [5.41, 5.74) is 3.46. The first-order valence-corrected chi connectivity index (χ1v) is 6.10. The van der Waals surface area contributed by atoms with Gasteiger partial charge in [-0.05, 0) is 30.5 Å². The second-order valence-corrected chi connectivity index (χ2v) is 5.42. The first-order chi connectivity index (χ1) is 8.24. The summed E-state index contributed by atoms with van der Waals surface area (Å²) in [6, 6.07) is 6.29. The minimum Gasteiger partial charge on any atom is -0.349 e. The highest BCUT2D eigenvalue weighted by Crippen LogP contribution is 2.24. The van der Waals surface area contributed by atoms with Crippen molar-refractivity contribution in [1.82, 2.24) is 5.32 Å². The number of nitrogens with one attached hydrogen (secondary N) is 1. The number of rotatable bonds is 4. The molecule has 0 fully saturated rings. The molecule has 1 N–H and O–H groups in total. The predicted octanol–water partition coefficient (Wildman–Crippen LogP) is 2.29. The van der Waals surface area contributed by atoms with E-state index in [0.717, 1.165) is 5.56 Å². The summed E-state index contributed by atoms with van der Waals surface area (Å²) < 4.78 is 0. The van der Waals surface area contributed by atoms with Crippen LogP contribution in [0, 0.1) is 13.8 Å². The molecule has 0 aliphatic carbocycles. The second-order valence-electron chi connectivity index (χ2n) is 5.42. The van der Waals surface area contributed by atoms with Crippen molar-refractivity contribution in [2.45, 2.75) is 40.0 Å². The van der Waals surface area contributed by atoms with Gasteiger partial charge in [0.2, 0.25) is 5.78 Å². The average Bonchev–Trinajstić information content (AvgIpc) is 2.29. The number of carbonyl (C=O) groups excluding carboxylic acids is 2. The lowest BCUT2D eigenvalue weighted by Gasteiger charge is -2.26. The van der Waals surface area contributed by atoms with Gasteiger partial charge in [0, 0.05) is 18.9 Å². The molecule has 1 rings (SSSR count). The molecule has 0 aromatic heterocycles. The molecule has 98 valence electrons. The summed E-state index contributed by atoms with van der Waals surface area (Å²) in [6.45, 7) is 9.98. The molecule has 0 bridgehead atoms. The van der Waals surface area contributed by atoms with Gasteiger partial charge in [-0.2, -0.15) is 0 Å². The lowest BCUT2D eigenvalue weighted by molar-refractivity contribution is -0.136. The Hall–Kier alpha value is -1.64. The molecule has 0 aliphatic heterocycles. The van der Waals surface area contributed by atoms with Gasteiger partial charge in [-0.15, -0.1) is 0 Å². The zero-order valence-electron chi connectivity index (χ0n) is 11.8. The van der Waals surface area contributed by atoms with Crippen LogP contribution in [0.5, 0.6) is 0 Å². The van der Waals surface area contributed by atoms with Crippen molar-refractivity contribution in [3.63, 3.8) is 0 Å². The normalized spacial score (nSPS) is 11.2. The largest absolute Gasteiger partial charge is 0.349 e. The van der Waals surface area contributed by atoms with Crippen LogP contribution in [0.15, 0.2) is 18.2 Å². The first kappa shape index (κ1) is 14.4. The van der Waals surface area contributed by atoms with E-state index in [1.165, 1.54) is 18.1 Å². The highest BCUT2D eigenvalue weighted by molar-refractivity contribution is 6.35. The summed E-state index contributed by atoms with van der Waals surface area (Å²) >= 11 is 0. The van der Waals surface area contributed by atoms with Gasteiger partial charge in [-0.1, -0.05) is 32.0 Å². The molecule has 1 aromatic rings. The third-order valence-electron chi connectivity index (χ3n) is 3.30. The van der Waals surface area contributed by atoms with Crippen LogP contribution in [0.2, 0.25) is 0 Å². The van der Waals surface area contributed by atoms with E-state index >= 15 is 0 Å². The van der Waals surface area contributed by atoms with Crippen LogP contribution in [-0.2, 0) is 15.0 Å². The van der Waals surface area contributed by atoms with Crippen molar-refractivity contribution in [2.75, 3.05) is 6.54 Å². The summed E-state index contributed by atoms with van der Waals surface area (Å²) in [7, 11) is 0. The monoisotopic (exact) mass is 247 g/mol. The number of hydrogen-bond donors (Lipinski definition) is 1. The minimum atomic E-state index is -0.521. The average molecular weight is 247 g/mol. The van der Waals surface area contributed by atoms with E-state index in [9.17, 15) is 9.59 Å². The molecule has 0 atom stereocenters. The molecule has 0 spiro atoms. The third-order valence-corrected chi connectivity index (χ3v) is 3.30. The molecular weight excluding hydrogens is 226 g/mol. The van der Waals surface area contributed by atoms with Crippen molar-refractivity contribution < 1.29 is 9.59 Å². The maximum Gasteiger partial charge on any atom is 0.287 e. The molecule has 0 saturated carbocycles. The standard InChI is InChI=1S/C15H21NO2/c1-10-6-7-13(8-11(10)2)15(4,5)9-16-14(18)12(3)17/h6-8H,9H2,1-5H3,(H,16,18). The summed E-state index contributed by atoms with van der Waals surface area (Å²) in [5.74, 6) is -0.974. The van der Waals surface area contributed by atoms with Gasteiger partial charge < -0.3 is 5.32 Å². The third kappa shape index (κ3) is 3.42. The van der Waals surface area contributed by atoms with Gasteiger partial charge in [0.25, 0.3) is 5.91 Å². The van der Waals surface area contributed by atoms with Crippen LogP contribution in [0.3, 0.4) is 0 Å². The number of benzene rings is 1. The smallest absolute Gasteiger partial charge is 0.287 e. The molecule has 0 saturated heterocycles. The van der Waals surface area contributed by atoms with Gasteiger partial charge in [0.1, 0.15) is 0 Å². The Balaban J connectivity index is 2.82. The fraction of sp³-hybridized carbons (Fsp3) is 0.467. The molecule has 1 aromatic carbocycles. The zero-order valence-corrected chi connectivity index (χ0v) is 11.8. The number of aryl methyl sites for hydroxylation is 2. The van der Waals surface area contributed by atoms with Gasteiger partial charge in [-0.3, -0.25) is 9.59 Å². The number of hydrogen-bond acceptors (Lipinski definition) is 2. The fourth-order valence-corrected chi connectivity index (χ4v) is 1.69. The zero-order chi connectivity index (χ0) is 13.9. The molecule has 3 nitrogen and oxygen atoms in total. The van der Waals surface area contributed by atoms with Gasteiger partial charge in [0.15, 0.2) is 0 Å². The van der Waals surface area contributed by atoms with Crippen molar-refractivity contribution >= 4 is 11.7 Å². The van der Waals surface area contributed by atoms with Crippen molar-refractivity contribution in [1.29, 1.82) is 0 Å². The second kappa shape index (κ2) is 5.34. The molecule has 0 unspecified atom stereocenters. The maximum atomic E-state index is 11.3. The fourth-order valence-electron chi connectivity index (χ4n) is 1.69. The summed E-state index contributed by atoms with van der Waals surface area (Å²) in [4.78, 5) is 22.2. The Morgan fingerprint density at radius 3 is 2.28 bits per heavy atom. The Kier molecular flexibility index (Phi) is 4.28. The van der Waals surface area contributed by atoms with E-state index < -0.39 is 11.7 Å². The Bertz CT molecular complexity index is 475. The van der Waals surface area contributed by atoms with E-state index in [1.54, 1.807) is 0 Å². The van der Waals surface area contributed by atoms with Gasteiger partial charge >= 0.3 is 0 Å². The molecular formula is C15H21NO2. The topological polar surface area (TPSA) is 46.2 Å². The van der Waals surface area contributed by atoms with Crippen LogP contribution < -0.4 is 5.32 Å². The molecule has 1 amide bonds. The van der Waals surface area contributed by atoms with Crippen molar-refractivity contribution in [3.8, 4) is 0 Å². The van der Waals surface area contributed by atoms with Crippen LogP contribution in [-0.4, -0.2) is 18.2 Å². The lowest BCUT2D eigenvalue weighted by atomic mass is 9.83.